The Kier molecular flexibility index (Phi) is 9.47. The van der Waals surface area contributed by atoms with Crippen LogP contribution >= 0.6 is 34.7 Å². The Morgan fingerprint density at radius 3 is 2.72 bits per heavy atom. The lowest BCUT2D eigenvalue weighted by Gasteiger charge is -2.49. The Hall–Kier alpha value is -4.72. The van der Waals surface area contributed by atoms with Gasteiger partial charge in [0.15, 0.2) is 23.6 Å². The van der Waals surface area contributed by atoms with Gasteiger partial charge in [0.2, 0.25) is 11.6 Å². The first-order valence-electron chi connectivity index (χ1n) is 13.3. The topological polar surface area (TPSA) is 232 Å². The molecule has 3 atom stereocenters. The highest BCUT2D eigenvalue weighted by atomic mass is 35.5. The summed E-state index contributed by atoms with van der Waals surface area (Å²) in [6.07, 6.45) is 2.06. The predicted molar refractivity (Wildman–Crippen MR) is 163 cm³/mol. The fourth-order valence-corrected chi connectivity index (χ4v) is 7.11. The molecule has 0 spiro atoms. The van der Waals surface area contributed by atoms with Crippen LogP contribution in [0.5, 0.6) is 0 Å². The second-order valence-electron chi connectivity index (χ2n) is 9.90. The fourth-order valence-electron chi connectivity index (χ4n) is 4.84. The van der Waals surface area contributed by atoms with Crippen molar-refractivity contribution in [2.75, 3.05) is 18.6 Å². The number of amides is 3. The SMILES string of the molecule is CONC(=O)Cn1ccc2c1ccc[n+]2CC1=C(C(=O)O)N2C(=O)[C@@H](NC(=O)C(=NO[C@@H](C)C(=O)O)c3nc(N)sc3Cl)[C@H]2SC1. The second-order valence-corrected chi connectivity index (χ2v) is 12.6. The summed E-state index contributed by atoms with van der Waals surface area (Å²) in [7, 11) is 1.33. The molecule has 2 aliphatic rings. The predicted octanol–water partition coefficient (Wildman–Crippen LogP) is -0.0689. The highest BCUT2D eigenvalue weighted by Gasteiger charge is 2.55. The number of nitrogens with two attached hydrogens (primary N) is 1. The molecule has 0 aromatic carbocycles. The Morgan fingerprint density at radius 1 is 1.30 bits per heavy atom. The number of hydrogen-bond acceptors (Lipinski definition) is 12. The number of hydroxylamine groups is 1. The largest absolute Gasteiger partial charge is 0.478 e. The van der Waals surface area contributed by atoms with E-state index in [0.717, 1.165) is 27.3 Å². The molecule has 1 saturated heterocycles. The van der Waals surface area contributed by atoms with Crippen LogP contribution in [0.2, 0.25) is 4.34 Å². The highest BCUT2D eigenvalue weighted by molar-refractivity contribution is 8.00. The monoisotopic (exact) mass is 693 g/mol. The van der Waals surface area contributed by atoms with Crippen molar-refractivity contribution in [1.82, 2.24) is 25.2 Å². The van der Waals surface area contributed by atoms with Gasteiger partial charge in [-0.25, -0.2) is 20.1 Å². The van der Waals surface area contributed by atoms with Crippen LogP contribution in [0.25, 0.3) is 11.0 Å². The molecule has 5 heterocycles. The van der Waals surface area contributed by atoms with E-state index in [1.54, 1.807) is 29.1 Å². The molecule has 0 saturated carbocycles. The number of β-lactam (4-membered cyclic amide) rings is 1. The minimum absolute atomic E-state index is 0.00343. The van der Waals surface area contributed by atoms with E-state index in [9.17, 15) is 29.1 Å². The zero-order valence-corrected chi connectivity index (χ0v) is 26.4. The smallest absolute Gasteiger partial charge is 0.352 e. The number of nitrogen functional groups attached to an aromatic ring is 1. The Labute approximate surface area is 272 Å². The van der Waals surface area contributed by atoms with Gasteiger partial charge in [-0.2, -0.15) is 4.57 Å². The molecule has 20 heteroatoms. The first-order chi connectivity index (χ1) is 21.9. The lowest BCUT2D eigenvalue weighted by atomic mass is 10.0. The number of nitrogens with zero attached hydrogens (tertiary/aromatic N) is 5. The van der Waals surface area contributed by atoms with Crippen molar-refractivity contribution in [3.63, 3.8) is 0 Å². The zero-order chi connectivity index (χ0) is 33.3. The number of thiazole rings is 1. The number of aliphatic carboxylic acids is 2. The van der Waals surface area contributed by atoms with E-state index in [1.807, 2.05) is 10.6 Å². The molecular formula is C26H26ClN8O9S2+. The summed E-state index contributed by atoms with van der Waals surface area (Å²) in [5.74, 6) is -4.44. The van der Waals surface area contributed by atoms with Crippen molar-refractivity contribution in [3.8, 4) is 0 Å². The van der Waals surface area contributed by atoms with Crippen LogP contribution < -0.4 is 21.1 Å². The Morgan fingerprint density at radius 2 is 2.07 bits per heavy atom. The molecule has 0 radical (unpaired) electrons. The number of halogens is 1. The summed E-state index contributed by atoms with van der Waals surface area (Å²) < 4.78 is 3.50. The van der Waals surface area contributed by atoms with Gasteiger partial charge in [0, 0.05) is 29.7 Å². The third-order valence-electron chi connectivity index (χ3n) is 6.93. The average Bonchev–Trinajstić information content (AvgIpc) is 3.57. The summed E-state index contributed by atoms with van der Waals surface area (Å²) in [6.45, 7) is 1.32. The number of carboxylic acid groups (broad SMARTS) is 2. The summed E-state index contributed by atoms with van der Waals surface area (Å²) in [5, 5.41) is 24.7. The van der Waals surface area contributed by atoms with Crippen LogP contribution in [0.15, 0.2) is 47.0 Å². The van der Waals surface area contributed by atoms with Gasteiger partial charge < -0.3 is 30.7 Å². The summed E-state index contributed by atoms with van der Waals surface area (Å²) in [4.78, 5) is 77.0. The standard InChI is InChI=1S/C26H25ClN8O9S2/c1-11(24(39)40)44-32-17(16-20(27)46-26(28)30-16)21(37)29-18-22(38)35-19(25(41)42)12(10-45-23(18)35)8-33-6-3-4-13-14(33)5-7-34(13)9-15(36)31-43-2/h3-7,11,18,23H,8-10H2,1-2H3,(H5-,28,29,30,31,36,37,39,40,41,42)/p+1/t11-,18+,23+/m0/s1. The number of nitrogens with one attached hydrogen (secondary N) is 2. The lowest BCUT2D eigenvalue weighted by molar-refractivity contribution is -0.663. The summed E-state index contributed by atoms with van der Waals surface area (Å²) in [5.41, 5.74) is 8.97. The number of carboxylic acids is 2. The average molecular weight is 694 g/mol. The minimum Gasteiger partial charge on any atom is -0.478 e. The number of oxime groups is 1. The van der Waals surface area contributed by atoms with Crippen LogP contribution in [-0.2, 0) is 46.7 Å². The number of carbonyl (C=O) groups excluding carboxylic acids is 3. The Bertz CT molecular complexity index is 1820. The van der Waals surface area contributed by atoms with Crippen LogP contribution in [0, 0.1) is 0 Å². The molecule has 0 bridgehead atoms. The van der Waals surface area contributed by atoms with Gasteiger partial charge in [0.1, 0.15) is 39.2 Å². The number of hydrogen-bond donors (Lipinski definition) is 5. The third kappa shape index (κ3) is 6.34. The molecule has 242 valence electrons. The molecule has 0 unspecified atom stereocenters. The highest BCUT2D eigenvalue weighted by Crippen LogP contribution is 2.40. The van der Waals surface area contributed by atoms with E-state index in [0.29, 0.717) is 5.57 Å². The molecular weight excluding hydrogens is 668 g/mol. The van der Waals surface area contributed by atoms with E-state index >= 15 is 0 Å². The molecule has 2 aliphatic heterocycles. The van der Waals surface area contributed by atoms with E-state index < -0.39 is 47.0 Å². The van der Waals surface area contributed by atoms with E-state index in [1.165, 1.54) is 25.8 Å². The van der Waals surface area contributed by atoms with Gasteiger partial charge in [0.05, 0.1) is 7.11 Å². The van der Waals surface area contributed by atoms with Gasteiger partial charge in [-0.1, -0.05) is 28.1 Å². The maximum absolute atomic E-state index is 13.3. The van der Waals surface area contributed by atoms with Gasteiger partial charge in [-0.15, -0.1) is 11.8 Å². The molecule has 3 aromatic heterocycles. The van der Waals surface area contributed by atoms with Gasteiger partial charge in [-0.05, 0) is 13.0 Å². The summed E-state index contributed by atoms with van der Waals surface area (Å²) >= 11 is 8.26. The van der Waals surface area contributed by atoms with Gasteiger partial charge >= 0.3 is 11.9 Å². The minimum atomic E-state index is -1.42. The zero-order valence-electron chi connectivity index (χ0n) is 24.0. The molecule has 5 rings (SSSR count). The van der Waals surface area contributed by atoms with Crippen LogP contribution in [0.4, 0.5) is 5.13 Å². The normalized spacial score (nSPS) is 18.5. The molecule has 46 heavy (non-hydrogen) atoms. The number of rotatable bonds is 12. The van der Waals surface area contributed by atoms with Crippen LogP contribution in [0.3, 0.4) is 0 Å². The van der Waals surface area contributed by atoms with Crippen molar-refractivity contribution < 1.29 is 48.4 Å². The number of fused-ring (bicyclic) bond motifs is 2. The first-order valence-corrected chi connectivity index (χ1v) is 15.5. The quantitative estimate of drug-likeness (QED) is 0.0726. The summed E-state index contributed by atoms with van der Waals surface area (Å²) in [6, 6.07) is 4.22. The van der Waals surface area contributed by atoms with Crippen LogP contribution in [-0.4, -0.2) is 90.4 Å². The molecule has 6 N–H and O–H groups in total. The molecule has 3 aromatic rings. The Balaban J connectivity index is 1.37. The maximum Gasteiger partial charge on any atom is 0.352 e. The fraction of sp³-hybridized carbons (Fsp3) is 0.308. The van der Waals surface area contributed by atoms with Crippen molar-refractivity contribution in [3.05, 3.63) is 51.9 Å². The molecule has 1 fully saturated rings. The number of anilines is 1. The van der Waals surface area contributed by atoms with Crippen LogP contribution in [0.1, 0.15) is 12.6 Å². The van der Waals surface area contributed by atoms with Crippen molar-refractivity contribution >= 4 is 86.2 Å². The second kappa shape index (κ2) is 13.3. The number of carbonyl (C=O) groups is 5. The van der Waals surface area contributed by atoms with Gasteiger partial charge in [-0.3, -0.25) is 24.1 Å². The van der Waals surface area contributed by atoms with Crippen molar-refractivity contribution in [2.45, 2.75) is 37.5 Å². The first kappa shape index (κ1) is 32.7. The number of thioether (sulfide) groups is 1. The van der Waals surface area contributed by atoms with E-state index in [2.05, 4.69) is 25.8 Å². The molecule has 3 amide bonds. The lowest BCUT2D eigenvalue weighted by Crippen LogP contribution is -2.71. The van der Waals surface area contributed by atoms with Crippen molar-refractivity contribution in [2.24, 2.45) is 5.16 Å². The van der Waals surface area contributed by atoms with E-state index in [4.69, 9.17) is 27.3 Å². The van der Waals surface area contributed by atoms with Gasteiger partial charge in [0.25, 0.3) is 17.7 Å². The van der Waals surface area contributed by atoms with Crippen molar-refractivity contribution in [1.29, 1.82) is 0 Å². The number of aromatic nitrogens is 3. The van der Waals surface area contributed by atoms with E-state index in [-0.39, 0.29) is 45.6 Å². The molecule has 17 nitrogen and oxygen atoms in total. The maximum atomic E-state index is 13.3. The molecule has 0 aliphatic carbocycles. The number of pyridine rings is 1. The third-order valence-corrected chi connectivity index (χ3v) is 9.36.